The van der Waals surface area contributed by atoms with Gasteiger partial charge in [-0.05, 0) is 44.9 Å². The first-order chi connectivity index (χ1) is 10.3. The van der Waals surface area contributed by atoms with Crippen molar-refractivity contribution in [1.29, 1.82) is 0 Å². The number of hydrogen-bond acceptors (Lipinski definition) is 4. The molecule has 5 heteroatoms. The third-order valence-electron chi connectivity index (χ3n) is 4.03. The van der Waals surface area contributed by atoms with E-state index in [1.165, 1.54) is 19.3 Å². The summed E-state index contributed by atoms with van der Waals surface area (Å²) in [5, 5.41) is 15.2. The number of anilines is 1. The second-order valence-corrected chi connectivity index (χ2v) is 5.79. The average Bonchev–Trinajstić information content (AvgIpc) is 3.03. The highest BCUT2D eigenvalue weighted by atomic mass is 15.4. The van der Waals surface area contributed by atoms with Crippen molar-refractivity contribution < 1.29 is 0 Å². The summed E-state index contributed by atoms with van der Waals surface area (Å²) in [7, 11) is 0. The van der Waals surface area contributed by atoms with Gasteiger partial charge in [0.05, 0.1) is 23.8 Å². The van der Waals surface area contributed by atoms with E-state index in [1.807, 2.05) is 18.3 Å². The lowest BCUT2D eigenvalue weighted by atomic mass is 9.98. The molecule has 1 aromatic carbocycles. The van der Waals surface area contributed by atoms with Gasteiger partial charge in [0.25, 0.3) is 0 Å². The molecule has 5 nitrogen and oxygen atoms in total. The Labute approximate surface area is 125 Å². The van der Waals surface area contributed by atoms with Crippen molar-refractivity contribution >= 4 is 5.69 Å². The highest BCUT2D eigenvalue weighted by molar-refractivity contribution is 5.60. The standard InChI is InChI=1S/C16H23N5/c1-13(12-14-6-4-5-9-17-14)19-15-7-2-3-8-16(15)21-11-10-18-20-21/h2-3,7-8,10-11,13-14,17,19H,4-6,9,12H2,1H3. The lowest BCUT2D eigenvalue weighted by Gasteiger charge is -2.27. The van der Waals surface area contributed by atoms with Crippen molar-refractivity contribution in [3.8, 4) is 5.69 Å². The summed E-state index contributed by atoms with van der Waals surface area (Å²) < 4.78 is 1.80. The zero-order valence-electron chi connectivity index (χ0n) is 12.5. The first kappa shape index (κ1) is 14.1. The largest absolute Gasteiger partial charge is 0.381 e. The molecule has 0 radical (unpaired) electrons. The molecule has 1 saturated heterocycles. The van der Waals surface area contributed by atoms with Crippen molar-refractivity contribution in [3.05, 3.63) is 36.7 Å². The van der Waals surface area contributed by atoms with E-state index in [9.17, 15) is 0 Å². The van der Waals surface area contributed by atoms with Gasteiger partial charge in [0.2, 0.25) is 0 Å². The fourth-order valence-corrected chi connectivity index (χ4v) is 3.01. The molecule has 1 aliphatic rings. The van der Waals surface area contributed by atoms with Crippen molar-refractivity contribution in [2.24, 2.45) is 0 Å². The summed E-state index contributed by atoms with van der Waals surface area (Å²) in [5.74, 6) is 0. The quantitative estimate of drug-likeness (QED) is 0.886. The Hall–Kier alpha value is -1.88. The molecule has 2 heterocycles. The van der Waals surface area contributed by atoms with Crippen molar-refractivity contribution in [3.63, 3.8) is 0 Å². The maximum absolute atomic E-state index is 4.08. The van der Waals surface area contributed by atoms with Crippen LogP contribution in [0.15, 0.2) is 36.7 Å². The van der Waals surface area contributed by atoms with Gasteiger partial charge in [-0.1, -0.05) is 23.8 Å². The Bertz CT molecular complexity index is 546. The van der Waals surface area contributed by atoms with Crippen LogP contribution < -0.4 is 10.6 Å². The lowest BCUT2D eigenvalue weighted by Crippen LogP contribution is -2.37. The average molecular weight is 285 g/mol. The molecule has 1 aliphatic heterocycles. The van der Waals surface area contributed by atoms with Crippen LogP contribution in [0.3, 0.4) is 0 Å². The monoisotopic (exact) mass is 285 g/mol. The molecule has 112 valence electrons. The molecule has 2 aromatic rings. The number of piperidine rings is 1. The molecule has 0 aliphatic carbocycles. The Morgan fingerprint density at radius 3 is 3.05 bits per heavy atom. The minimum atomic E-state index is 0.422. The molecule has 21 heavy (non-hydrogen) atoms. The molecule has 1 fully saturated rings. The maximum atomic E-state index is 4.08. The van der Waals surface area contributed by atoms with Gasteiger partial charge < -0.3 is 10.6 Å². The van der Waals surface area contributed by atoms with E-state index in [0.717, 1.165) is 24.3 Å². The number of aromatic nitrogens is 3. The Balaban J connectivity index is 1.67. The zero-order chi connectivity index (χ0) is 14.5. The third-order valence-corrected chi connectivity index (χ3v) is 4.03. The number of hydrogen-bond donors (Lipinski definition) is 2. The maximum Gasteiger partial charge on any atom is 0.0894 e. The molecular formula is C16H23N5. The van der Waals surface area contributed by atoms with Crippen LogP contribution in [0.25, 0.3) is 5.69 Å². The molecule has 2 N–H and O–H groups in total. The van der Waals surface area contributed by atoms with Crippen molar-refractivity contribution in [2.45, 2.75) is 44.7 Å². The zero-order valence-corrected chi connectivity index (χ0v) is 12.5. The molecule has 2 atom stereocenters. The first-order valence-corrected chi connectivity index (χ1v) is 7.78. The van der Waals surface area contributed by atoms with Crippen LogP contribution in [0.4, 0.5) is 5.69 Å². The topological polar surface area (TPSA) is 54.8 Å². The molecule has 3 rings (SSSR count). The normalized spacial score (nSPS) is 20.1. The van der Waals surface area contributed by atoms with Gasteiger partial charge in [-0.25, -0.2) is 4.68 Å². The number of nitrogens with one attached hydrogen (secondary N) is 2. The summed E-state index contributed by atoms with van der Waals surface area (Å²) in [6.07, 6.45) is 8.66. The molecule has 0 saturated carbocycles. The minimum Gasteiger partial charge on any atom is -0.381 e. The van der Waals surface area contributed by atoms with Gasteiger partial charge >= 0.3 is 0 Å². The number of para-hydroxylation sites is 2. The number of rotatable bonds is 5. The van der Waals surface area contributed by atoms with Gasteiger partial charge in [0.1, 0.15) is 0 Å². The van der Waals surface area contributed by atoms with Gasteiger partial charge in [0, 0.05) is 12.1 Å². The second kappa shape index (κ2) is 6.72. The first-order valence-electron chi connectivity index (χ1n) is 7.78. The number of nitrogens with zero attached hydrogens (tertiary/aromatic N) is 3. The third kappa shape index (κ3) is 3.61. The van der Waals surface area contributed by atoms with Crippen molar-refractivity contribution in [1.82, 2.24) is 20.3 Å². The van der Waals surface area contributed by atoms with E-state index in [-0.39, 0.29) is 0 Å². The molecule has 2 unspecified atom stereocenters. The summed E-state index contributed by atoms with van der Waals surface area (Å²) >= 11 is 0. The van der Waals surface area contributed by atoms with Gasteiger partial charge in [-0.3, -0.25) is 0 Å². The van der Waals surface area contributed by atoms with Crippen LogP contribution in [-0.4, -0.2) is 33.6 Å². The predicted octanol–water partition coefficient (Wildman–Crippen LogP) is 2.60. The molecule has 0 spiro atoms. The van der Waals surface area contributed by atoms with Crippen LogP contribution >= 0.6 is 0 Å². The van der Waals surface area contributed by atoms with Gasteiger partial charge in [-0.15, -0.1) is 5.10 Å². The van der Waals surface area contributed by atoms with Crippen LogP contribution in [-0.2, 0) is 0 Å². The van der Waals surface area contributed by atoms with E-state index in [4.69, 9.17) is 0 Å². The van der Waals surface area contributed by atoms with Crippen LogP contribution in [0.5, 0.6) is 0 Å². The van der Waals surface area contributed by atoms with Crippen molar-refractivity contribution in [2.75, 3.05) is 11.9 Å². The Morgan fingerprint density at radius 2 is 2.29 bits per heavy atom. The highest BCUT2D eigenvalue weighted by Gasteiger charge is 2.16. The molecule has 1 aromatic heterocycles. The minimum absolute atomic E-state index is 0.422. The van der Waals surface area contributed by atoms with E-state index in [2.05, 4.69) is 40.0 Å². The molecular weight excluding hydrogens is 262 g/mol. The second-order valence-electron chi connectivity index (χ2n) is 5.79. The molecule has 0 bridgehead atoms. The van der Waals surface area contributed by atoms with Crippen LogP contribution in [0.2, 0.25) is 0 Å². The SMILES string of the molecule is CC(CC1CCCCN1)Nc1ccccc1-n1ccnn1. The fourth-order valence-electron chi connectivity index (χ4n) is 3.01. The summed E-state index contributed by atoms with van der Waals surface area (Å²) in [6.45, 7) is 3.40. The van der Waals surface area contributed by atoms with E-state index < -0.39 is 0 Å². The summed E-state index contributed by atoms with van der Waals surface area (Å²) in [6, 6.07) is 9.29. The van der Waals surface area contributed by atoms with Crippen LogP contribution in [0, 0.1) is 0 Å². The fraction of sp³-hybridized carbons (Fsp3) is 0.500. The van der Waals surface area contributed by atoms with Gasteiger partial charge in [0.15, 0.2) is 0 Å². The summed E-state index contributed by atoms with van der Waals surface area (Å²) in [4.78, 5) is 0. The van der Waals surface area contributed by atoms with E-state index in [1.54, 1.807) is 10.9 Å². The van der Waals surface area contributed by atoms with Gasteiger partial charge in [-0.2, -0.15) is 0 Å². The lowest BCUT2D eigenvalue weighted by molar-refractivity contribution is 0.371. The molecule has 0 amide bonds. The highest BCUT2D eigenvalue weighted by Crippen LogP contribution is 2.21. The van der Waals surface area contributed by atoms with E-state index in [0.29, 0.717) is 12.1 Å². The Kier molecular flexibility index (Phi) is 4.50. The van der Waals surface area contributed by atoms with E-state index >= 15 is 0 Å². The predicted molar refractivity (Wildman–Crippen MR) is 84.7 cm³/mol. The number of benzene rings is 1. The Morgan fingerprint density at radius 1 is 1.38 bits per heavy atom. The van der Waals surface area contributed by atoms with Crippen LogP contribution in [0.1, 0.15) is 32.6 Å². The summed E-state index contributed by atoms with van der Waals surface area (Å²) in [5.41, 5.74) is 2.14. The smallest absolute Gasteiger partial charge is 0.0894 e.